The number of carbonyl (C=O) groups excluding carboxylic acids is 1. The Morgan fingerprint density at radius 2 is 0.546 bits per heavy atom. The number of aryl methyl sites for hydroxylation is 1. The first-order chi connectivity index (χ1) is 67.8. The van der Waals surface area contributed by atoms with Crippen LogP contribution in [0.25, 0.3) is 0 Å². The number of unbranched alkanes of at least 4 members (excludes halogenated alkanes) is 54. The zero-order valence-corrected chi connectivity index (χ0v) is 93.3. The molecule has 0 radical (unpaired) electrons. The maximum absolute atomic E-state index is 11.5. The molecule has 0 atom stereocenters. The molecule has 0 aliphatic carbocycles. The number of carbonyl (C=O) groups is 1. The minimum atomic E-state index is -0.558. The molecule has 0 aliphatic rings. The highest BCUT2D eigenvalue weighted by Gasteiger charge is 2.27. The van der Waals surface area contributed by atoms with Gasteiger partial charge in [-0.1, -0.05) is 462 Å². The number of nitro benzene ring substituents is 1. The molecule has 0 fully saturated rings. The monoisotopic (exact) mass is 1990 g/mol. The lowest BCUT2D eigenvalue weighted by Gasteiger charge is -2.28. The maximum Gasteiger partial charge on any atom is 0.341 e. The molecule has 0 saturated carbocycles. The molecule has 0 aromatic heterocycles. The fraction of sp³-hybridized carbons (Fsp3) is 0.699. The van der Waals surface area contributed by atoms with Crippen LogP contribution in [-0.2, 0) is 21.0 Å². The molecule has 0 unspecified atom stereocenters. The SMILES string of the molecule is CCCCCCCCCCCCOc1cc(O)c(C(C)(C)C)cc1C(C)(C)C.CCCCCCCCCCCCOc1ccc(O)c(C(=O)OC)c1.CCCCCCCCCCCCOc1ccc(O)cc1C.CCCCCCCCCCCCOc1ccc(O)cc1C(C)(C)C.CCCCCCCCCCCCOc1ccc(O)cc1Cl.CCCCCCCCCCCCOc1ccc(O)cc1[N+](=O)[O-]. The maximum atomic E-state index is 11.5. The number of methoxy groups -OCH3 is 1. The Kier molecular flexibility index (Phi) is 79.3. The Hall–Kier alpha value is -7.92. The standard InChI is InChI=1S/C26H46O2.C22H38O2.C20H32O4.C19H32O2.C18H29ClO2.C18H29NO4/c1-8-9-10-11-12-13-14-15-16-17-18-28-24-20-23(27)21(25(2,3)4)19-22(24)26(5,6)7;1-5-6-7-8-9-10-11-12-13-14-17-24-21-16-15-19(23)18-20(21)22(2,3)4;1-3-4-5-6-7-8-9-10-11-12-15-24-17-13-14-19(21)18(16-17)20(22)23-2;1-3-4-5-6-7-8-9-10-11-12-15-21-19-14-13-18(20)16-17(19)2;1-2-3-4-5-6-7-8-9-10-11-14-21-18-13-12-16(20)15-17(18)19;1-2-3-4-5-6-7-8-9-10-11-14-23-18-13-12-16(20)15-17(18)19(21)22/h19-20,27H,8-18H2,1-7H3;15-16,18,23H,5-14,17H2,1-4H3;13-14,16,21H,3-12,15H2,1-2H3;13-14,16,20H,3-12,15H2,1-2H3;12-13,15,20H,2-11,14H2,1H3;12-13,15,20H,2-11,14H2,1H3. The minimum Gasteiger partial charge on any atom is -0.508 e. The molecule has 806 valence electrons. The van der Waals surface area contributed by atoms with E-state index >= 15 is 0 Å². The van der Waals surface area contributed by atoms with Gasteiger partial charge in [0.15, 0.2) is 5.75 Å². The third kappa shape index (κ3) is 69.7. The van der Waals surface area contributed by atoms with E-state index in [4.69, 9.17) is 40.0 Å². The van der Waals surface area contributed by atoms with Crippen molar-refractivity contribution < 1.29 is 73.5 Å². The predicted molar refractivity (Wildman–Crippen MR) is 597 cm³/mol. The van der Waals surface area contributed by atoms with Crippen molar-refractivity contribution in [2.24, 2.45) is 0 Å². The van der Waals surface area contributed by atoms with E-state index in [1.54, 1.807) is 36.4 Å². The van der Waals surface area contributed by atoms with Crippen LogP contribution in [0.4, 0.5) is 5.69 Å². The van der Waals surface area contributed by atoms with Gasteiger partial charge in [-0.2, -0.15) is 0 Å². The number of phenolic OH excluding ortho intramolecular Hbond substituents is 6. The van der Waals surface area contributed by atoms with Crippen LogP contribution in [-0.4, -0.2) is 88.3 Å². The van der Waals surface area contributed by atoms with E-state index in [0.29, 0.717) is 53.6 Å². The van der Waals surface area contributed by atoms with Crippen LogP contribution >= 0.6 is 11.6 Å². The first-order valence-corrected chi connectivity index (χ1v) is 56.9. The predicted octanol–water partition coefficient (Wildman–Crippen LogP) is 38.7. The van der Waals surface area contributed by atoms with E-state index in [9.17, 15) is 45.5 Å². The molecule has 17 nitrogen and oxygen atoms in total. The second-order valence-corrected chi connectivity index (χ2v) is 42.5. The molecule has 18 heteroatoms. The molecule has 0 saturated heterocycles. The average Bonchev–Trinajstić information content (AvgIpc) is 0.782. The molecule has 0 spiro atoms. The Labute approximate surface area is 865 Å². The summed E-state index contributed by atoms with van der Waals surface area (Å²) < 4.78 is 39.2. The van der Waals surface area contributed by atoms with Gasteiger partial charge < -0.3 is 63.8 Å². The van der Waals surface area contributed by atoms with Crippen molar-refractivity contribution in [3.63, 3.8) is 0 Å². The third-order valence-electron chi connectivity index (χ3n) is 25.6. The van der Waals surface area contributed by atoms with Crippen LogP contribution in [0.5, 0.6) is 69.0 Å². The summed E-state index contributed by atoms with van der Waals surface area (Å²) in [5, 5.41) is 69.1. The lowest BCUT2D eigenvalue weighted by Crippen LogP contribution is -2.18. The molecule has 0 amide bonds. The fourth-order valence-electron chi connectivity index (χ4n) is 16.8. The number of nitro groups is 1. The summed E-state index contributed by atoms with van der Waals surface area (Å²) in [6.07, 6.45) is 78.5. The summed E-state index contributed by atoms with van der Waals surface area (Å²) in [6.45, 7) is 39.1. The first-order valence-electron chi connectivity index (χ1n) is 56.5. The van der Waals surface area contributed by atoms with Crippen molar-refractivity contribution in [2.45, 2.75) is 512 Å². The van der Waals surface area contributed by atoms with Crippen molar-refractivity contribution in [1.29, 1.82) is 0 Å². The third-order valence-corrected chi connectivity index (χ3v) is 25.9. The zero-order valence-electron chi connectivity index (χ0n) is 92.6. The lowest BCUT2D eigenvalue weighted by molar-refractivity contribution is -0.386. The number of hydrogen-bond donors (Lipinski definition) is 6. The van der Waals surface area contributed by atoms with E-state index in [1.165, 1.54) is 377 Å². The van der Waals surface area contributed by atoms with Crippen LogP contribution < -0.4 is 28.4 Å². The van der Waals surface area contributed by atoms with Gasteiger partial charge in [0.25, 0.3) is 0 Å². The highest BCUT2D eigenvalue weighted by atomic mass is 35.5. The Morgan fingerprint density at radius 3 is 0.865 bits per heavy atom. The minimum absolute atomic E-state index is 0.0131. The van der Waals surface area contributed by atoms with Crippen molar-refractivity contribution in [3.05, 3.63) is 146 Å². The van der Waals surface area contributed by atoms with Crippen molar-refractivity contribution >= 4 is 23.3 Å². The average molecular weight is 1990 g/mol. The van der Waals surface area contributed by atoms with E-state index in [-0.39, 0.29) is 50.5 Å². The topological polar surface area (TPSA) is 246 Å². The smallest absolute Gasteiger partial charge is 0.341 e. The van der Waals surface area contributed by atoms with Gasteiger partial charge in [-0.15, -0.1) is 0 Å². The van der Waals surface area contributed by atoms with Gasteiger partial charge in [0, 0.05) is 23.3 Å². The number of ether oxygens (including phenoxy) is 7. The number of esters is 1. The Balaban J connectivity index is 0.000000848. The highest BCUT2D eigenvalue weighted by Crippen LogP contribution is 2.42. The summed E-state index contributed by atoms with van der Waals surface area (Å²) in [5.74, 6) is 4.48. The molecule has 6 aromatic rings. The molecule has 6 rings (SSSR count). The summed E-state index contributed by atoms with van der Waals surface area (Å²) in [5.41, 5.74) is 4.09. The highest BCUT2D eigenvalue weighted by molar-refractivity contribution is 6.32. The number of halogens is 1. The van der Waals surface area contributed by atoms with Gasteiger partial charge in [0.1, 0.15) is 68.8 Å². The van der Waals surface area contributed by atoms with Crippen molar-refractivity contribution in [1.82, 2.24) is 0 Å². The molecule has 6 aromatic carbocycles. The number of rotatable bonds is 74. The van der Waals surface area contributed by atoms with Crippen LogP contribution in [0.15, 0.2) is 103 Å². The van der Waals surface area contributed by atoms with E-state index in [0.717, 1.165) is 111 Å². The summed E-state index contributed by atoms with van der Waals surface area (Å²) in [6, 6.07) is 28.1. The number of aromatic hydroxyl groups is 6. The van der Waals surface area contributed by atoms with Crippen LogP contribution in [0, 0.1) is 17.0 Å². The summed E-state index contributed by atoms with van der Waals surface area (Å²) in [7, 11) is 1.29. The van der Waals surface area contributed by atoms with Crippen molar-refractivity contribution in [3.8, 4) is 69.0 Å². The molecule has 0 bridgehead atoms. The van der Waals surface area contributed by atoms with Gasteiger partial charge in [-0.25, -0.2) is 4.79 Å². The first kappa shape index (κ1) is 131. The van der Waals surface area contributed by atoms with Gasteiger partial charge in [0.05, 0.1) is 62.8 Å². The quantitative estimate of drug-likeness (QED) is 0.00899. The van der Waals surface area contributed by atoms with Crippen LogP contribution in [0.3, 0.4) is 0 Å². The molecule has 6 N–H and O–H groups in total. The molecule has 0 heterocycles. The summed E-state index contributed by atoms with van der Waals surface area (Å²) >= 11 is 5.98. The van der Waals surface area contributed by atoms with Gasteiger partial charge in [-0.3, -0.25) is 10.1 Å². The molecular weight excluding hydrogens is 1780 g/mol. The second-order valence-electron chi connectivity index (χ2n) is 42.1. The number of nitrogens with zero attached hydrogens (tertiary/aromatic N) is 1. The van der Waals surface area contributed by atoms with Gasteiger partial charge >= 0.3 is 11.7 Å². The van der Waals surface area contributed by atoms with Crippen LogP contribution in [0.2, 0.25) is 5.02 Å². The Morgan fingerprint density at radius 1 is 0.284 bits per heavy atom. The normalized spacial score (nSPS) is 11.2. The fourth-order valence-corrected chi connectivity index (χ4v) is 17.0. The van der Waals surface area contributed by atoms with Crippen molar-refractivity contribution in [2.75, 3.05) is 46.8 Å². The molecule has 0 aliphatic heterocycles. The Bertz CT molecular complexity index is 3940. The van der Waals surface area contributed by atoms with Gasteiger partial charge in [-0.05, 0) is 158 Å². The van der Waals surface area contributed by atoms with Crippen LogP contribution in [0.1, 0.15) is 522 Å². The number of hydrogen-bond acceptors (Lipinski definition) is 16. The number of phenols is 6. The zero-order chi connectivity index (χ0) is 104. The van der Waals surface area contributed by atoms with E-state index in [2.05, 4.69) is 115 Å². The van der Waals surface area contributed by atoms with E-state index < -0.39 is 10.9 Å². The largest absolute Gasteiger partial charge is 0.508 e. The van der Waals surface area contributed by atoms with Gasteiger partial charge in [0.2, 0.25) is 0 Å². The summed E-state index contributed by atoms with van der Waals surface area (Å²) in [4.78, 5) is 21.9. The van der Waals surface area contributed by atoms with E-state index in [1.807, 2.05) is 31.2 Å². The molecule has 141 heavy (non-hydrogen) atoms. The second kappa shape index (κ2) is 85.3. The number of benzene rings is 6. The molecular formula is C123H206ClNO16. The lowest BCUT2D eigenvalue weighted by atomic mass is 9.79.